The number of nitrogens with one attached hydrogen (secondary N) is 2. The van der Waals surface area contributed by atoms with E-state index in [9.17, 15) is 9.59 Å². The molecule has 1 aromatic heterocycles. The van der Waals surface area contributed by atoms with E-state index in [-0.39, 0.29) is 0 Å². The smallest absolute Gasteiger partial charge is 0.338 e. The van der Waals surface area contributed by atoms with Gasteiger partial charge < -0.3 is 19.5 Å². The van der Waals surface area contributed by atoms with Crippen LogP contribution in [-0.2, 0) is 4.79 Å². The number of nitrogens with zero attached hydrogens (tertiary/aromatic N) is 2. The molecule has 0 fully saturated rings. The van der Waals surface area contributed by atoms with Gasteiger partial charge in [-0.05, 0) is 61.4 Å². The van der Waals surface area contributed by atoms with Crippen LogP contribution in [0.4, 0.5) is 16.2 Å². The lowest BCUT2D eigenvalue weighted by Crippen LogP contribution is -2.44. The largest absolute Gasteiger partial charge is 0.493 e. The van der Waals surface area contributed by atoms with E-state index in [2.05, 4.69) is 15.7 Å². The fourth-order valence-electron chi connectivity index (χ4n) is 3.86. The summed E-state index contributed by atoms with van der Waals surface area (Å²) in [5.74, 6) is 2.30. The third kappa shape index (κ3) is 5.15. The van der Waals surface area contributed by atoms with Crippen molar-refractivity contribution in [3.8, 4) is 23.0 Å². The number of carbonyl (C=O) groups excluding carboxylic acids is 2. The van der Waals surface area contributed by atoms with Gasteiger partial charge in [0.05, 0.1) is 25.4 Å². The Morgan fingerprint density at radius 3 is 2.22 bits per heavy atom. The van der Waals surface area contributed by atoms with Gasteiger partial charge in [0.1, 0.15) is 11.5 Å². The van der Waals surface area contributed by atoms with Crippen LogP contribution in [0.5, 0.6) is 23.0 Å². The number of fused-ring (bicyclic) bond motifs is 1. The maximum Gasteiger partial charge on any atom is 0.338 e. The van der Waals surface area contributed by atoms with E-state index in [0.29, 0.717) is 46.3 Å². The van der Waals surface area contributed by atoms with Crippen molar-refractivity contribution in [2.24, 2.45) is 0 Å². The summed E-state index contributed by atoms with van der Waals surface area (Å²) in [7, 11) is 3.14. The number of aromatic nitrogens is 1. The first kappa shape index (κ1) is 24.3. The zero-order chi connectivity index (χ0) is 25.7. The van der Waals surface area contributed by atoms with Crippen molar-refractivity contribution in [2.45, 2.75) is 13.8 Å². The SMILES string of the molecule is COc1cc2nccc(Oc3ccc(NC(=O)NN(C=O)c4c(C)cccc4C)cc3)c2cc1OC. The lowest BCUT2D eigenvalue weighted by molar-refractivity contribution is -0.107. The molecular formula is C27H26N4O5. The Morgan fingerprint density at radius 1 is 0.917 bits per heavy atom. The van der Waals surface area contributed by atoms with Crippen LogP contribution in [0.15, 0.2) is 66.9 Å². The van der Waals surface area contributed by atoms with Crippen LogP contribution >= 0.6 is 0 Å². The number of hydrogen-bond donors (Lipinski definition) is 2. The number of para-hydroxylation sites is 1. The fraction of sp³-hybridized carbons (Fsp3) is 0.148. The van der Waals surface area contributed by atoms with Crippen molar-refractivity contribution in [3.05, 3.63) is 78.0 Å². The summed E-state index contributed by atoms with van der Waals surface area (Å²) in [6.45, 7) is 3.74. The highest BCUT2D eigenvalue weighted by Crippen LogP contribution is 2.37. The minimum atomic E-state index is -0.556. The molecular weight excluding hydrogens is 460 g/mol. The standard InChI is InChI=1S/C27H26N4O5/c1-17-6-5-7-18(2)26(17)31(16-32)30-27(33)29-19-8-10-20(11-9-19)36-23-12-13-28-22-15-25(35-4)24(34-3)14-21(22)23/h5-16H,1-4H3,(H2,29,30,33). The Balaban J connectivity index is 1.46. The van der Waals surface area contributed by atoms with Crippen LogP contribution in [0.3, 0.4) is 0 Å². The van der Waals surface area contributed by atoms with E-state index in [1.54, 1.807) is 56.8 Å². The fourth-order valence-corrected chi connectivity index (χ4v) is 3.86. The van der Waals surface area contributed by atoms with Crippen LogP contribution in [0.25, 0.3) is 10.9 Å². The molecule has 0 aliphatic carbocycles. The first-order chi connectivity index (χ1) is 17.4. The summed E-state index contributed by atoms with van der Waals surface area (Å²) >= 11 is 0. The second-order valence-corrected chi connectivity index (χ2v) is 7.94. The maximum absolute atomic E-state index is 12.5. The van der Waals surface area contributed by atoms with Crippen molar-refractivity contribution in [2.75, 3.05) is 24.5 Å². The van der Waals surface area contributed by atoms with Gasteiger partial charge in [-0.15, -0.1) is 0 Å². The van der Waals surface area contributed by atoms with E-state index in [1.165, 1.54) is 0 Å². The number of methoxy groups -OCH3 is 2. The molecule has 0 atom stereocenters. The van der Waals surface area contributed by atoms with Gasteiger partial charge in [-0.3, -0.25) is 9.78 Å². The summed E-state index contributed by atoms with van der Waals surface area (Å²) in [4.78, 5) is 28.5. The van der Waals surface area contributed by atoms with Crippen LogP contribution < -0.4 is 30.0 Å². The Morgan fingerprint density at radius 2 is 1.58 bits per heavy atom. The second-order valence-electron chi connectivity index (χ2n) is 7.94. The highest BCUT2D eigenvalue weighted by Gasteiger charge is 2.15. The number of urea groups is 1. The van der Waals surface area contributed by atoms with Crippen molar-refractivity contribution in [3.63, 3.8) is 0 Å². The molecule has 2 N–H and O–H groups in total. The number of anilines is 2. The molecule has 1 heterocycles. The summed E-state index contributed by atoms with van der Waals surface area (Å²) in [5.41, 5.74) is 6.15. The van der Waals surface area contributed by atoms with E-state index in [4.69, 9.17) is 14.2 Å². The Kier molecular flexibility index (Phi) is 7.20. The zero-order valence-corrected chi connectivity index (χ0v) is 20.4. The van der Waals surface area contributed by atoms with Crippen molar-refractivity contribution < 1.29 is 23.8 Å². The average molecular weight is 487 g/mol. The molecule has 0 unspecified atom stereocenters. The third-order valence-corrected chi connectivity index (χ3v) is 5.55. The van der Waals surface area contributed by atoms with Gasteiger partial charge in [0, 0.05) is 23.3 Å². The van der Waals surface area contributed by atoms with E-state index in [0.717, 1.165) is 21.5 Å². The molecule has 4 rings (SSSR count). The number of pyridine rings is 1. The van der Waals surface area contributed by atoms with Gasteiger partial charge in [0.25, 0.3) is 0 Å². The summed E-state index contributed by atoms with van der Waals surface area (Å²) in [6, 6.07) is 17.3. The predicted octanol–water partition coefficient (Wildman–Crippen LogP) is 5.36. The van der Waals surface area contributed by atoms with E-state index in [1.807, 2.05) is 38.1 Å². The second kappa shape index (κ2) is 10.6. The molecule has 9 nitrogen and oxygen atoms in total. The Bertz CT molecular complexity index is 1390. The topological polar surface area (TPSA) is 102 Å². The summed E-state index contributed by atoms with van der Waals surface area (Å²) in [6.07, 6.45) is 2.22. The van der Waals surface area contributed by atoms with Gasteiger partial charge >= 0.3 is 6.03 Å². The highest BCUT2D eigenvalue weighted by atomic mass is 16.5. The highest BCUT2D eigenvalue weighted by molar-refractivity contribution is 5.94. The van der Waals surface area contributed by atoms with Crippen molar-refractivity contribution in [1.82, 2.24) is 10.4 Å². The molecule has 0 saturated heterocycles. The Labute approximate surface area is 208 Å². The number of ether oxygens (including phenoxy) is 3. The molecule has 36 heavy (non-hydrogen) atoms. The molecule has 0 bridgehead atoms. The summed E-state index contributed by atoms with van der Waals surface area (Å²) in [5, 5.41) is 4.64. The van der Waals surface area contributed by atoms with Crippen LogP contribution in [0.2, 0.25) is 0 Å². The molecule has 0 spiro atoms. The average Bonchev–Trinajstić information content (AvgIpc) is 2.88. The first-order valence-corrected chi connectivity index (χ1v) is 11.1. The molecule has 0 saturated carbocycles. The number of amides is 3. The molecule has 0 aliphatic heterocycles. The minimum Gasteiger partial charge on any atom is -0.493 e. The molecule has 3 aromatic carbocycles. The lowest BCUT2D eigenvalue weighted by atomic mass is 10.1. The first-order valence-electron chi connectivity index (χ1n) is 11.1. The number of hydrogen-bond acceptors (Lipinski definition) is 6. The van der Waals surface area contributed by atoms with Crippen molar-refractivity contribution in [1.29, 1.82) is 0 Å². The molecule has 3 amide bonds. The van der Waals surface area contributed by atoms with Gasteiger partial charge in [0.2, 0.25) is 6.41 Å². The van der Waals surface area contributed by atoms with Crippen LogP contribution in [0.1, 0.15) is 11.1 Å². The third-order valence-electron chi connectivity index (χ3n) is 5.55. The predicted molar refractivity (Wildman–Crippen MR) is 138 cm³/mol. The number of rotatable bonds is 8. The lowest BCUT2D eigenvalue weighted by Gasteiger charge is -2.22. The van der Waals surface area contributed by atoms with Gasteiger partial charge in [-0.1, -0.05) is 18.2 Å². The van der Waals surface area contributed by atoms with Gasteiger partial charge in [0.15, 0.2) is 11.5 Å². The number of hydrazine groups is 1. The normalized spacial score (nSPS) is 10.4. The van der Waals surface area contributed by atoms with Gasteiger partial charge in [-0.25, -0.2) is 15.2 Å². The minimum absolute atomic E-state index is 0.526. The molecule has 0 aliphatic rings. The van der Waals surface area contributed by atoms with Gasteiger partial charge in [-0.2, -0.15) is 0 Å². The van der Waals surface area contributed by atoms with Crippen LogP contribution in [0, 0.1) is 13.8 Å². The maximum atomic E-state index is 12.5. The molecule has 184 valence electrons. The van der Waals surface area contributed by atoms with Crippen LogP contribution in [-0.4, -0.2) is 31.6 Å². The molecule has 9 heteroatoms. The quantitative estimate of drug-likeness (QED) is 0.257. The van der Waals surface area contributed by atoms with E-state index < -0.39 is 6.03 Å². The van der Waals surface area contributed by atoms with Crippen molar-refractivity contribution >= 4 is 34.7 Å². The number of benzene rings is 3. The summed E-state index contributed by atoms with van der Waals surface area (Å²) < 4.78 is 16.8. The Hall–Kier alpha value is -4.79. The zero-order valence-electron chi connectivity index (χ0n) is 20.4. The molecule has 4 aromatic rings. The van der Waals surface area contributed by atoms with E-state index >= 15 is 0 Å². The molecule has 0 radical (unpaired) electrons. The number of carbonyl (C=O) groups is 2. The number of aryl methyl sites for hydroxylation is 2. The monoisotopic (exact) mass is 486 g/mol.